The Kier molecular flexibility index (Phi) is 27.0. The summed E-state index contributed by atoms with van der Waals surface area (Å²) in [5.74, 6) is 8.89. The summed E-state index contributed by atoms with van der Waals surface area (Å²) in [5.41, 5.74) is -4.46. The lowest BCUT2D eigenvalue weighted by atomic mass is 9.44. The summed E-state index contributed by atoms with van der Waals surface area (Å²) in [6.45, 7) is 46.3. The van der Waals surface area contributed by atoms with Gasteiger partial charge in [-0.2, -0.15) is 0 Å². The van der Waals surface area contributed by atoms with Gasteiger partial charge in [0.1, 0.15) is 29.0 Å². The average Bonchev–Trinajstić information content (AvgIpc) is 0.725. The Morgan fingerprint density at radius 2 is 0.519 bits per heavy atom. The largest absolute Gasteiger partial charge is 0.465 e. The lowest BCUT2D eigenvalue weighted by Gasteiger charge is -2.65. The zero-order valence-corrected chi connectivity index (χ0v) is 71.4. The van der Waals surface area contributed by atoms with Crippen molar-refractivity contribution in [2.24, 2.45) is 138 Å². The van der Waals surface area contributed by atoms with Crippen LogP contribution in [0.25, 0.3) is 0 Å². The fourth-order valence-electron chi connectivity index (χ4n) is 25.4. The summed E-state index contributed by atoms with van der Waals surface area (Å²) in [6, 6.07) is 0. The first-order valence-corrected chi connectivity index (χ1v) is 42.7. The summed E-state index contributed by atoms with van der Waals surface area (Å²) >= 11 is 0. The number of ether oxygens (including phenoxy) is 10. The fourth-order valence-corrected chi connectivity index (χ4v) is 25.4. The van der Waals surface area contributed by atoms with Crippen LogP contribution in [0, 0.1) is 138 Å². The van der Waals surface area contributed by atoms with Gasteiger partial charge in [-0.05, 0) is 264 Å². The van der Waals surface area contributed by atoms with Gasteiger partial charge >= 0.3 is 35.8 Å². The van der Waals surface area contributed by atoms with E-state index in [1.807, 2.05) is 76.2 Å². The first-order valence-electron chi connectivity index (χ1n) is 42.7. The molecular formula is C90H152O16. The van der Waals surface area contributed by atoms with Crippen molar-refractivity contribution in [3.05, 3.63) is 0 Å². The van der Waals surface area contributed by atoms with Gasteiger partial charge < -0.3 is 47.4 Å². The number of carbonyl (C=O) groups is 6. The molecule has 16 aliphatic carbocycles. The Bertz CT molecular complexity index is 2900. The van der Waals surface area contributed by atoms with Crippen molar-refractivity contribution in [2.75, 3.05) is 67.6 Å². The molecular weight excluding hydrogens is 1340 g/mol. The van der Waals surface area contributed by atoms with Gasteiger partial charge in [0.25, 0.3) is 0 Å². The van der Waals surface area contributed by atoms with E-state index in [-0.39, 0.29) is 82.3 Å². The van der Waals surface area contributed by atoms with E-state index in [2.05, 4.69) is 69.2 Å². The maximum Gasteiger partial charge on any atom is 0.344 e. The third-order valence-electron chi connectivity index (χ3n) is 31.5. The van der Waals surface area contributed by atoms with Crippen molar-refractivity contribution in [1.29, 1.82) is 0 Å². The van der Waals surface area contributed by atoms with Gasteiger partial charge in [-0.1, -0.05) is 83.1 Å². The highest BCUT2D eigenvalue weighted by atomic mass is 16.6. The number of hydrogen-bond acceptors (Lipinski definition) is 16. The molecule has 16 saturated carbocycles. The Hall–Kier alpha value is -3.34. The minimum absolute atomic E-state index is 0.00736. The Balaban J connectivity index is 0.000000164. The summed E-state index contributed by atoms with van der Waals surface area (Å²) in [5, 5.41) is 0. The van der Waals surface area contributed by atoms with Crippen molar-refractivity contribution in [3.8, 4) is 0 Å². The molecule has 0 aromatic carbocycles. The van der Waals surface area contributed by atoms with E-state index in [0.717, 1.165) is 112 Å². The summed E-state index contributed by atoms with van der Waals surface area (Å²) in [4.78, 5) is 76.5. The van der Waals surface area contributed by atoms with E-state index in [4.69, 9.17) is 47.4 Å². The van der Waals surface area contributed by atoms with Gasteiger partial charge in [0.15, 0.2) is 6.61 Å². The molecule has 0 aromatic heterocycles. The second-order valence-corrected chi connectivity index (χ2v) is 42.0. The highest BCUT2D eigenvalue weighted by molar-refractivity contribution is 5.80. The molecule has 0 spiro atoms. The van der Waals surface area contributed by atoms with Crippen molar-refractivity contribution < 1.29 is 76.1 Å². The van der Waals surface area contributed by atoms with Gasteiger partial charge in [-0.25, -0.2) is 4.79 Å². The molecule has 0 unspecified atom stereocenters. The van der Waals surface area contributed by atoms with Crippen LogP contribution >= 0.6 is 0 Å². The van der Waals surface area contributed by atoms with Crippen LogP contribution in [0.3, 0.4) is 0 Å². The summed E-state index contributed by atoms with van der Waals surface area (Å²) in [7, 11) is 5.20. The van der Waals surface area contributed by atoms with Crippen molar-refractivity contribution >= 4 is 35.8 Å². The Morgan fingerprint density at radius 1 is 0.292 bits per heavy atom. The lowest BCUT2D eigenvalue weighted by Crippen LogP contribution is -2.67. The number of esters is 6. The predicted molar refractivity (Wildman–Crippen MR) is 414 cm³/mol. The normalized spacial score (nSPS) is 35.8. The molecule has 608 valence electrons. The maximum atomic E-state index is 13.2. The molecule has 16 aliphatic rings. The zero-order chi connectivity index (χ0) is 78.4. The fraction of sp³-hybridized carbons (Fsp3) is 0.933. The van der Waals surface area contributed by atoms with Crippen LogP contribution in [0.15, 0.2) is 0 Å². The van der Waals surface area contributed by atoms with Gasteiger partial charge in [0.05, 0.1) is 54.5 Å². The Labute approximate surface area is 642 Å². The van der Waals surface area contributed by atoms with Crippen LogP contribution in [0.1, 0.15) is 306 Å². The highest BCUT2D eigenvalue weighted by Gasteiger charge is 2.70. The van der Waals surface area contributed by atoms with Crippen molar-refractivity contribution in [3.63, 3.8) is 0 Å². The molecule has 0 saturated heterocycles. The monoisotopic (exact) mass is 1490 g/mol. The molecule has 16 bridgehead atoms. The molecule has 0 aliphatic heterocycles. The van der Waals surface area contributed by atoms with Crippen LogP contribution in [0.4, 0.5) is 0 Å². The van der Waals surface area contributed by atoms with Crippen LogP contribution in [0.2, 0.25) is 0 Å². The first-order chi connectivity index (χ1) is 49.4. The third kappa shape index (κ3) is 16.7. The van der Waals surface area contributed by atoms with Gasteiger partial charge in [-0.3, -0.25) is 24.0 Å². The van der Waals surface area contributed by atoms with Gasteiger partial charge in [0, 0.05) is 96.9 Å². The minimum atomic E-state index is -0.587. The molecule has 16 heteroatoms. The SMILES string of the molecule is CCC(C)(C)C(=O)OC1(C(C)(C)COC)C2CC3CC(C2)CC1C3.CCC(C)(C)C(=O)OCC(=O)OC1(C(C)(C)COC)C2CC3CC(C2)CC1C3.CCC(C)(C)C(=O)OCCC(=O)OC1(C(C)(C)COC)C2CC3CC(C2)CC1C3.CCOCC(C)(C)C1(OC(=O)C(C)(C)CC)C2CC3CC(C2)CC1C3. The predicted octanol–water partition coefficient (Wildman–Crippen LogP) is 19.2. The van der Waals surface area contributed by atoms with Crippen molar-refractivity contribution in [2.45, 2.75) is 328 Å². The average molecular weight is 1490 g/mol. The second-order valence-electron chi connectivity index (χ2n) is 42.0. The molecule has 0 radical (unpaired) electrons. The zero-order valence-electron chi connectivity index (χ0n) is 71.4. The van der Waals surface area contributed by atoms with E-state index < -0.39 is 38.8 Å². The number of rotatable bonds is 30. The van der Waals surface area contributed by atoms with Crippen molar-refractivity contribution in [1.82, 2.24) is 0 Å². The summed E-state index contributed by atoms with van der Waals surface area (Å²) in [6.07, 6.45) is 27.7. The molecule has 0 N–H and O–H groups in total. The molecule has 16 rings (SSSR count). The maximum absolute atomic E-state index is 13.2. The number of carbonyl (C=O) groups excluding carboxylic acids is 6. The number of methoxy groups -OCH3 is 3. The third-order valence-corrected chi connectivity index (χ3v) is 31.5. The van der Waals surface area contributed by atoms with E-state index in [1.165, 1.54) is 77.0 Å². The topological polar surface area (TPSA) is 195 Å². The quantitative estimate of drug-likeness (QED) is 0.0486. The van der Waals surface area contributed by atoms with Crippen LogP contribution in [0.5, 0.6) is 0 Å². The molecule has 16 fully saturated rings. The highest BCUT2D eigenvalue weighted by Crippen LogP contribution is 2.69. The van der Waals surface area contributed by atoms with E-state index in [9.17, 15) is 28.8 Å². The molecule has 0 aromatic rings. The lowest BCUT2D eigenvalue weighted by molar-refractivity contribution is -0.260. The molecule has 0 atom stereocenters. The summed E-state index contributed by atoms with van der Waals surface area (Å²) < 4.78 is 59.2. The standard InChI is InChI=1S/C24H40O5.C23H38O5.C22H38O3.C21H36O3/c1-7-22(2,3)21(26)28-9-8-20(25)29-24(23(4,5)15-27-6)18-11-16-10-17(13-18)14-19(24)12-16;1-7-21(2,3)20(25)27-13-19(24)28-23(22(4,5)14-26-6)17-9-15-8-16(11-17)12-18(23)10-15;1-7-20(3,4)19(23)25-22(21(5,6)14-24-8-2)17-10-15-9-16(12-17)13-18(22)11-15;1-7-19(2,3)18(22)24-21(20(4,5)13-23-6)16-9-14-8-15(11-16)12-17(21)10-14/h16-19H,7-15H2,1-6H3;15-18H,7-14H2,1-6H3;15-18H,7-14H2,1-6H3;14-17H,7-13H2,1-6H3. The molecule has 0 heterocycles. The molecule has 106 heavy (non-hydrogen) atoms. The second kappa shape index (κ2) is 33.0. The van der Waals surface area contributed by atoms with Crippen LogP contribution < -0.4 is 0 Å². The minimum Gasteiger partial charge on any atom is -0.465 e. The smallest absolute Gasteiger partial charge is 0.344 e. The van der Waals surface area contributed by atoms with E-state index in [1.54, 1.807) is 21.3 Å². The van der Waals surface area contributed by atoms with Crippen LogP contribution in [-0.2, 0) is 76.1 Å². The first kappa shape index (κ1) is 86.6. The molecule has 0 amide bonds. The number of hydrogen-bond donors (Lipinski definition) is 0. The van der Waals surface area contributed by atoms with E-state index in [0.29, 0.717) is 93.2 Å². The van der Waals surface area contributed by atoms with E-state index >= 15 is 0 Å². The van der Waals surface area contributed by atoms with Crippen LogP contribution in [-0.4, -0.2) is 126 Å². The van der Waals surface area contributed by atoms with Gasteiger partial charge in [-0.15, -0.1) is 0 Å². The molecule has 16 nitrogen and oxygen atoms in total. The Morgan fingerprint density at radius 3 is 0.764 bits per heavy atom. The van der Waals surface area contributed by atoms with Gasteiger partial charge in [0.2, 0.25) is 0 Å².